The second-order valence-corrected chi connectivity index (χ2v) is 5.01. The van der Waals surface area contributed by atoms with E-state index in [1.54, 1.807) is 0 Å². The molecule has 2 rings (SSSR count). The van der Waals surface area contributed by atoms with Crippen LogP contribution in [0.4, 0.5) is 14.6 Å². The van der Waals surface area contributed by atoms with Gasteiger partial charge in [0.1, 0.15) is 5.82 Å². The SMILES string of the molecule is C=Cc1c(N)nc(-c2ccc(Cl)c(OC(C)F)c2F)nc1C(=O)O. The van der Waals surface area contributed by atoms with Crippen LogP contribution in [0.1, 0.15) is 23.0 Å². The number of alkyl halides is 1. The fourth-order valence-corrected chi connectivity index (χ4v) is 2.14. The summed E-state index contributed by atoms with van der Waals surface area (Å²) in [6.07, 6.45) is -0.629. The molecular formula is C15H12ClF2N3O3. The largest absolute Gasteiger partial charge is 0.476 e. The maximum absolute atomic E-state index is 14.6. The van der Waals surface area contributed by atoms with Crippen molar-refractivity contribution in [3.8, 4) is 17.1 Å². The van der Waals surface area contributed by atoms with Gasteiger partial charge in [-0.1, -0.05) is 24.3 Å². The predicted octanol–water partition coefficient (Wildman–Crippen LogP) is 3.55. The maximum atomic E-state index is 14.6. The molecule has 24 heavy (non-hydrogen) atoms. The van der Waals surface area contributed by atoms with Crippen LogP contribution < -0.4 is 10.5 Å². The molecule has 0 saturated heterocycles. The molecule has 1 aromatic carbocycles. The molecule has 2 aromatic rings. The van der Waals surface area contributed by atoms with Crippen LogP contribution in [-0.4, -0.2) is 27.4 Å². The van der Waals surface area contributed by atoms with Crippen LogP contribution in [0.25, 0.3) is 17.5 Å². The van der Waals surface area contributed by atoms with Crippen LogP contribution in [0.15, 0.2) is 18.7 Å². The number of hydrogen-bond donors (Lipinski definition) is 2. The van der Waals surface area contributed by atoms with Gasteiger partial charge in [0.2, 0.25) is 6.36 Å². The van der Waals surface area contributed by atoms with Gasteiger partial charge >= 0.3 is 5.97 Å². The normalized spacial score (nSPS) is 11.8. The third-order valence-corrected chi connectivity index (χ3v) is 3.25. The Morgan fingerprint density at radius 1 is 1.50 bits per heavy atom. The van der Waals surface area contributed by atoms with Gasteiger partial charge in [0.05, 0.1) is 10.6 Å². The van der Waals surface area contributed by atoms with Gasteiger partial charge in [0.25, 0.3) is 0 Å². The number of hydrogen-bond acceptors (Lipinski definition) is 5. The third-order valence-electron chi connectivity index (χ3n) is 2.95. The lowest BCUT2D eigenvalue weighted by atomic mass is 10.1. The zero-order valence-electron chi connectivity index (χ0n) is 12.4. The number of anilines is 1. The second-order valence-electron chi connectivity index (χ2n) is 4.60. The summed E-state index contributed by atoms with van der Waals surface area (Å²) < 4.78 is 32.3. The number of aromatic nitrogens is 2. The summed E-state index contributed by atoms with van der Waals surface area (Å²) in [4.78, 5) is 18.9. The van der Waals surface area contributed by atoms with E-state index in [9.17, 15) is 18.7 Å². The quantitative estimate of drug-likeness (QED) is 0.851. The van der Waals surface area contributed by atoms with Gasteiger partial charge in [-0.2, -0.15) is 0 Å². The van der Waals surface area contributed by atoms with Crippen molar-refractivity contribution in [2.75, 3.05) is 5.73 Å². The van der Waals surface area contributed by atoms with E-state index >= 15 is 0 Å². The third kappa shape index (κ3) is 3.28. The monoisotopic (exact) mass is 355 g/mol. The molecule has 1 atom stereocenters. The van der Waals surface area contributed by atoms with Gasteiger partial charge in [-0.25, -0.2) is 23.5 Å². The van der Waals surface area contributed by atoms with Crippen LogP contribution in [0.5, 0.6) is 5.75 Å². The molecule has 1 heterocycles. The number of benzene rings is 1. The summed E-state index contributed by atoms with van der Waals surface area (Å²) >= 11 is 5.79. The summed E-state index contributed by atoms with van der Waals surface area (Å²) in [5, 5.41) is 9.04. The topological polar surface area (TPSA) is 98.3 Å². The number of aromatic carboxylic acids is 1. The van der Waals surface area contributed by atoms with E-state index in [-0.39, 0.29) is 27.8 Å². The first-order valence-corrected chi connectivity index (χ1v) is 6.96. The van der Waals surface area contributed by atoms with Crippen molar-refractivity contribution in [1.82, 2.24) is 9.97 Å². The molecule has 0 amide bonds. The van der Waals surface area contributed by atoms with Crippen molar-refractivity contribution >= 4 is 29.5 Å². The van der Waals surface area contributed by atoms with Crippen LogP contribution in [0.3, 0.4) is 0 Å². The lowest BCUT2D eigenvalue weighted by molar-refractivity contribution is 0.0690. The van der Waals surface area contributed by atoms with Crippen LogP contribution >= 0.6 is 11.6 Å². The number of nitrogens with zero attached hydrogens (tertiary/aromatic N) is 2. The van der Waals surface area contributed by atoms with Crippen molar-refractivity contribution in [1.29, 1.82) is 0 Å². The minimum atomic E-state index is -1.81. The Morgan fingerprint density at radius 2 is 2.17 bits per heavy atom. The van der Waals surface area contributed by atoms with Gasteiger partial charge in [-0.15, -0.1) is 0 Å². The second kappa shape index (κ2) is 6.79. The van der Waals surface area contributed by atoms with Gasteiger partial charge in [0, 0.05) is 12.5 Å². The number of carboxylic acids is 1. The lowest BCUT2D eigenvalue weighted by Crippen LogP contribution is -2.11. The van der Waals surface area contributed by atoms with E-state index in [1.807, 2.05) is 0 Å². The summed E-state index contributed by atoms with van der Waals surface area (Å²) in [5.74, 6) is -3.45. The molecule has 1 unspecified atom stereocenters. The molecule has 0 fully saturated rings. The number of ether oxygens (including phenoxy) is 1. The summed E-state index contributed by atoms with van der Waals surface area (Å²) in [7, 11) is 0. The first-order chi connectivity index (χ1) is 11.3. The number of nitrogens with two attached hydrogens (primary N) is 1. The van der Waals surface area contributed by atoms with Crippen LogP contribution in [0.2, 0.25) is 5.02 Å². The number of carboxylic acid groups (broad SMARTS) is 1. The summed E-state index contributed by atoms with van der Waals surface area (Å²) in [5.41, 5.74) is 5.01. The van der Waals surface area contributed by atoms with E-state index in [0.29, 0.717) is 0 Å². The Kier molecular flexibility index (Phi) is 4.99. The number of nitrogen functional groups attached to an aromatic ring is 1. The highest BCUT2D eigenvalue weighted by atomic mass is 35.5. The Morgan fingerprint density at radius 3 is 2.71 bits per heavy atom. The Labute approximate surface area is 140 Å². The highest BCUT2D eigenvalue weighted by molar-refractivity contribution is 6.32. The van der Waals surface area contributed by atoms with E-state index in [1.165, 1.54) is 18.2 Å². The summed E-state index contributed by atoms with van der Waals surface area (Å²) in [6.45, 7) is 4.49. The highest BCUT2D eigenvalue weighted by Crippen LogP contribution is 2.35. The number of carbonyl (C=O) groups is 1. The molecule has 0 radical (unpaired) electrons. The molecule has 1 aromatic heterocycles. The van der Waals surface area contributed by atoms with E-state index < -0.39 is 29.6 Å². The molecule has 126 valence electrons. The van der Waals surface area contributed by atoms with Crippen LogP contribution in [0, 0.1) is 5.82 Å². The average molecular weight is 356 g/mol. The molecule has 0 aliphatic rings. The minimum absolute atomic E-state index is 0.00877. The van der Waals surface area contributed by atoms with Crippen molar-refractivity contribution in [3.05, 3.63) is 40.8 Å². The van der Waals surface area contributed by atoms with E-state index in [2.05, 4.69) is 16.5 Å². The van der Waals surface area contributed by atoms with Crippen molar-refractivity contribution in [3.63, 3.8) is 0 Å². The van der Waals surface area contributed by atoms with Crippen molar-refractivity contribution < 1.29 is 23.4 Å². The molecule has 0 aliphatic carbocycles. The lowest BCUT2D eigenvalue weighted by Gasteiger charge is -2.13. The Hall–Kier alpha value is -2.74. The van der Waals surface area contributed by atoms with Gasteiger partial charge < -0.3 is 15.6 Å². The zero-order chi connectivity index (χ0) is 18.0. The predicted molar refractivity (Wildman–Crippen MR) is 85.1 cm³/mol. The molecule has 9 heteroatoms. The Bertz CT molecular complexity index is 828. The molecule has 0 aliphatic heterocycles. The van der Waals surface area contributed by atoms with Crippen LogP contribution in [-0.2, 0) is 0 Å². The minimum Gasteiger partial charge on any atom is -0.476 e. The fourth-order valence-electron chi connectivity index (χ4n) is 1.95. The van der Waals surface area contributed by atoms with Crippen molar-refractivity contribution in [2.45, 2.75) is 13.3 Å². The zero-order valence-corrected chi connectivity index (χ0v) is 13.1. The Balaban J connectivity index is 2.69. The average Bonchev–Trinajstić information content (AvgIpc) is 2.50. The molecule has 3 N–H and O–H groups in total. The summed E-state index contributed by atoms with van der Waals surface area (Å²) in [6, 6.07) is 2.46. The van der Waals surface area contributed by atoms with E-state index in [4.69, 9.17) is 22.1 Å². The van der Waals surface area contributed by atoms with Gasteiger partial charge in [0.15, 0.2) is 23.1 Å². The molecular weight excluding hydrogens is 344 g/mol. The fraction of sp³-hybridized carbons (Fsp3) is 0.133. The first-order valence-electron chi connectivity index (χ1n) is 6.58. The standard InChI is InChI=1S/C15H12ClF2N3O3/c1-3-7-11(15(22)23)20-14(21-13(7)19)8-4-5-9(16)12(10(8)18)24-6(2)17/h3-6H,1H2,2H3,(H,22,23)(H2,19,20,21). The highest BCUT2D eigenvalue weighted by Gasteiger charge is 2.22. The van der Waals surface area contributed by atoms with Crippen molar-refractivity contribution in [2.24, 2.45) is 0 Å². The first kappa shape index (κ1) is 17.6. The number of rotatable bonds is 5. The smallest absolute Gasteiger partial charge is 0.355 e. The molecule has 6 nitrogen and oxygen atoms in total. The van der Waals surface area contributed by atoms with Gasteiger partial charge in [-0.05, 0) is 12.1 Å². The molecule has 0 spiro atoms. The maximum Gasteiger partial charge on any atom is 0.355 e. The van der Waals surface area contributed by atoms with E-state index in [0.717, 1.165) is 6.92 Å². The molecule has 0 saturated carbocycles. The van der Waals surface area contributed by atoms with Gasteiger partial charge in [-0.3, -0.25) is 0 Å². The number of halogens is 3. The molecule has 0 bridgehead atoms.